The van der Waals surface area contributed by atoms with Crippen molar-refractivity contribution in [2.45, 2.75) is 38.2 Å². The molecule has 1 saturated heterocycles. The lowest BCUT2D eigenvalue weighted by Gasteiger charge is -2.37. The van der Waals surface area contributed by atoms with Crippen LogP contribution in [0.2, 0.25) is 5.15 Å². The van der Waals surface area contributed by atoms with Crippen molar-refractivity contribution >= 4 is 17.4 Å². The van der Waals surface area contributed by atoms with Gasteiger partial charge in [0.05, 0.1) is 5.60 Å². The van der Waals surface area contributed by atoms with Crippen molar-refractivity contribution in [3.63, 3.8) is 0 Å². The van der Waals surface area contributed by atoms with Crippen LogP contribution < -0.4 is 4.90 Å². The summed E-state index contributed by atoms with van der Waals surface area (Å²) < 4.78 is 0. The van der Waals surface area contributed by atoms with Gasteiger partial charge in [-0.2, -0.15) is 0 Å². The van der Waals surface area contributed by atoms with Crippen molar-refractivity contribution in [1.82, 2.24) is 14.9 Å². The van der Waals surface area contributed by atoms with Gasteiger partial charge in [-0.25, -0.2) is 9.97 Å². The normalized spacial score (nSPS) is 20.9. The number of hydrogen-bond acceptors (Lipinski definition) is 5. The van der Waals surface area contributed by atoms with Crippen LogP contribution in [-0.4, -0.2) is 58.3 Å². The number of anilines is 1. The van der Waals surface area contributed by atoms with Gasteiger partial charge in [0.15, 0.2) is 0 Å². The monoisotopic (exact) mass is 310 g/mol. The van der Waals surface area contributed by atoms with Gasteiger partial charge in [0.1, 0.15) is 16.8 Å². The molecule has 1 N–H and O–H groups in total. The van der Waals surface area contributed by atoms with Crippen molar-refractivity contribution in [2.75, 3.05) is 37.6 Å². The Balaban J connectivity index is 1.64. The van der Waals surface area contributed by atoms with Gasteiger partial charge in [-0.05, 0) is 26.7 Å². The SMILES string of the molecule is CC(C)(O)CN1CCN(c2cc(Cl)nc(C3CC3)n2)CC1. The van der Waals surface area contributed by atoms with Gasteiger partial charge >= 0.3 is 0 Å². The number of halogens is 1. The Bertz CT molecular complexity index is 505. The average Bonchev–Trinajstić information content (AvgIpc) is 3.21. The summed E-state index contributed by atoms with van der Waals surface area (Å²) in [6, 6.07) is 1.86. The van der Waals surface area contributed by atoms with E-state index in [-0.39, 0.29) is 0 Å². The second-order valence-electron chi connectivity index (χ2n) is 6.76. The molecule has 0 amide bonds. The molecule has 0 atom stereocenters. The molecule has 0 unspecified atom stereocenters. The Labute approximate surface area is 130 Å². The molecule has 0 spiro atoms. The Morgan fingerprint density at radius 1 is 1.24 bits per heavy atom. The van der Waals surface area contributed by atoms with Crippen LogP contribution >= 0.6 is 11.6 Å². The summed E-state index contributed by atoms with van der Waals surface area (Å²) in [7, 11) is 0. The zero-order valence-corrected chi connectivity index (χ0v) is 13.5. The molecule has 116 valence electrons. The number of rotatable bonds is 4. The lowest BCUT2D eigenvalue weighted by atomic mass is 10.1. The summed E-state index contributed by atoms with van der Waals surface area (Å²) in [5.74, 6) is 2.36. The van der Waals surface area contributed by atoms with Gasteiger partial charge in [-0.3, -0.25) is 4.90 Å². The van der Waals surface area contributed by atoms with Crippen molar-refractivity contribution in [1.29, 1.82) is 0 Å². The van der Waals surface area contributed by atoms with Crippen LogP contribution in [0.5, 0.6) is 0 Å². The quantitative estimate of drug-likeness (QED) is 0.861. The largest absolute Gasteiger partial charge is 0.389 e. The topological polar surface area (TPSA) is 52.5 Å². The summed E-state index contributed by atoms with van der Waals surface area (Å²) in [5, 5.41) is 10.4. The Hall–Kier alpha value is -0.910. The van der Waals surface area contributed by atoms with E-state index < -0.39 is 5.60 Å². The number of piperazine rings is 1. The zero-order valence-electron chi connectivity index (χ0n) is 12.7. The fourth-order valence-electron chi connectivity index (χ4n) is 2.79. The molecular formula is C15H23ClN4O. The number of nitrogens with zero attached hydrogens (tertiary/aromatic N) is 4. The molecule has 6 heteroatoms. The van der Waals surface area contributed by atoms with E-state index in [1.54, 1.807) is 0 Å². The molecule has 21 heavy (non-hydrogen) atoms. The third-order valence-corrected chi connectivity index (χ3v) is 4.14. The predicted molar refractivity (Wildman–Crippen MR) is 84.0 cm³/mol. The molecule has 1 aromatic heterocycles. The van der Waals surface area contributed by atoms with E-state index in [1.165, 1.54) is 12.8 Å². The minimum absolute atomic E-state index is 0.513. The molecule has 2 aliphatic rings. The summed E-state index contributed by atoms with van der Waals surface area (Å²) in [4.78, 5) is 13.6. The second-order valence-corrected chi connectivity index (χ2v) is 7.14. The zero-order chi connectivity index (χ0) is 15.0. The number of β-amino-alcohol motifs (C(OH)–C–C–N with tert-alkyl or cyclic N) is 1. The maximum absolute atomic E-state index is 9.90. The molecule has 1 aliphatic heterocycles. The van der Waals surface area contributed by atoms with E-state index in [9.17, 15) is 5.11 Å². The fraction of sp³-hybridized carbons (Fsp3) is 0.733. The van der Waals surface area contributed by atoms with Crippen LogP contribution in [0, 0.1) is 0 Å². The molecule has 2 heterocycles. The number of aromatic nitrogens is 2. The Kier molecular flexibility index (Phi) is 4.08. The van der Waals surface area contributed by atoms with E-state index in [1.807, 2.05) is 19.9 Å². The van der Waals surface area contributed by atoms with Gasteiger partial charge in [0, 0.05) is 44.7 Å². The summed E-state index contributed by atoms with van der Waals surface area (Å²) in [6.45, 7) is 8.10. The molecule has 1 aromatic rings. The first-order valence-corrected chi connectivity index (χ1v) is 8.03. The molecule has 0 bridgehead atoms. The van der Waals surface area contributed by atoms with Crippen LogP contribution in [0.25, 0.3) is 0 Å². The molecule has 3 rings (SSSR count). The average molecular weight is 311 g/mol. The van der Waals surface area contributed by atoms with Crippen LogP contribution in [0.1, 0.15) is 38.4 Å². The van der Waals surface area contributed by atoms with Crippen LogP contribution in [0.4, 0.5) is 5.82 Å². The fourth-order valence-corrected chi connectivity index (χ4v) is 2.98. The van der Waals surface area contributed by atoms with Gasteiger partial charge < -0.3 is 10.0 Å². The van der Waals surface area contributed by atoms with E-state index >= 15 is 0 Å². The number of hydrogen-bond donors (Lipinski definition) is 1. The van der Waals surface area contributed by atoms with Gasteiger partial charge in [0.2, 0.25) is 0 Å². The predicted octanol–water partition coefficient (Wildman–Crippen LogP) is 1.90. The van der Waals surface area contributed by atoms with Gasteiger partial charge in [-0.1, -0.05) is 11.6 Å². The first kappa shape index (κ1) is 15.0. The molecule has 1 aliphatic carbocycles. The lowest BCUT2D eigenvalue weighted by molar-refractivity contribution is 0.0344. The summed E-state index contributed by atoms with van der Waals surface area (Å²) in [5.41, 5.74) is -0.639. The highest BCUT2D eigenvalue weighted by Gasteiger charge is 2.29. The standard InChI is InChI=1S/C15H23ClN4O/c1-15(2,21)10-19-5-7-20(8-6-19)13-9-12(16)17-14(18-13)11-3-4-11/h9,11,21H,3-8,10H2,1-2H3. The van der Waals surface area contributed by atoms with E-state index in [0.29, 0.717) is 17.6 Å². The first-order valence-electron chi connectivity index (χ1n) is 7.65. The van der Waals surface area contributed by atoms with Gasteiger partial charge in [-0.15, -0.1) is 0 Å². The minimum Gasteiger partial charge on any atom is -0.389 e. The van der Waals surface area contributed by atoms with E-state index in [0.717, 1.165) is 37.8 Å². The highest BCUT2D eigenvalue weighted by molar-refractivity contribution is 6.29. The molecular weight excluding hydrogens is 288 g/mol. The van der Waals surface area contributed by atoms with E-state index in [4.69, 9.17) is 11.6 Å². The Morgan fingerprint density at radius 3 is 2.48 bits per heavy atom. The maximum Gasteiger partial charge on any atom is 0.135 e. The van der Waals surface area contributed by atoms with Crippen molar-refractivity contribution in [3.8, 4) is 0 Å². The van der Waals surface area contributed by atoms with Crippen molar-refractivity contribution < 1.29 is 5.11 Å². The van der Waals surface area contributed by atoms with Crippen LogP contribution in [0.15, 0.2) is 6.07 Å². The molecule has 0 aromatic carbocycles. The third-order valence-electron chi connectivity index (χ3n) is 3.95. The minimum atomic E-state index is -0.639. The van der Waals surface area contributed by atoms with Crippen molar-refractivity contribution in [2.24, 2.45) is 0 Å². The molecule has 2 fully saturated rings. The first-order chi connectivity index (χ1) is 9.90. The second kappa shape index (κ2) is 5.71. The van der Waals surface area contributed by atoms with E-state index in [2.05, 4.69) is 19.8 Å². The van der Waals surface area contributed by atoms with Crippen LogP contribution in [0.3, 0.4) is 0 Å². The lowest BCUT2D eigenvalue weighted by Crippen LogP contribution is -2.50. The highest BCUT2D eigenvalue weighted by atomic mass is 35.5. The molecule has 0 radical (unpaired) electrons. The summed E-state index contributed by atoms with van der Waals surface area (Å²) in [6.07, 6.45) is 2.36. The third kappa shape index (κ3) is 4.05. The molecule has 5 nitrogen and oxygen atoms in total. The Morgan fingerprint density at radius 2 is 1.90 bits per heavy atom. The van der Waals surface area contributed by atoms with Crippen molar-refractivity contribution in [3.05, 3.63) is 17.0 Å². The highest BCUT2D eigenvalue weighted by Crippen LogP contribution is 2.39. The van der Waals surface area contributed by atoms with Crippen LogP contribution in [-0.2, 0) is 0 Å². The summed E-state index contributed by atoms with van der Waals surface area (Å²) >= 11 is 6.14. The smallest absolute Gasteiger partial charge is 0.135 e. The molecule has 1 saturated carbocycles. The number of aliphatic hydroxyl groups is 1. The van der Waals surface area contributed by atoms with Gasteiger partial charge in [0.25, 0.3) is 0 Å². The maximum atomic E-state index is 9.90.